The molecule has 0 aromatic heterocycles. The molecule has 0 aliphatic carbocycles. The lowest BCUT2D eigenvalue weighted by molar-refractivity contribution is 0.232. The molecule has 24 heavy (non-hydrogen) atoms. The van der Waals surface area contributed by atoms with Crippen molar-refractivity contribution in [2.24, 2.45) is 4.99 Å². The van der Waals surface area contributed by atoms with Crippen molar-refractivity contribution in [3.8, 4) is 0 Å². The van der Waals surface area contributed by atoms with Crippen LogP contribution in [0.5, 0.6) is 0 Å². The van der Waals surface area contributed by atoms with Gasteiger partial charge in [0.25, 0.3) is 0 Å². The van der Waals surface area contributed by atoms with Crippen molar-refractivity contribution in [3.63, 3.8) is 0 Å². The van der Waals surface area contributed by atoms with Gasteiger partial charge in [-0.3, -0.25) is 4.99 Å². The summed E-state index contributed by atoms with van der Waals surface area (Å²) in [5, 5.41) is 6.34. The Hall–Kier alpha value is -0.960. The van der Waals surface area contributed by atoms with E-state index in [-0.39, 0.29) is 36.0 Å². The molecule has 0 saturated carbocycles. The summed E-state index contributed by atoms with van der Waals surface area (Å²) in [5.74, 6) is -0.335. The second kappa shape index (κ2) is 11.6. The molecule has 0 atom stereocenters. The zero-order chi connectivity index (χ0) is 16.5. The first-order chi connectivity index (χ1) is 11.2. The van der Waals surface area contributed by atoms with E-state index >= 15 is 0 Å². The summed E-state index contributed by atoms with van der Waals surface area (Å²) < 4.78 is 27.1. The van der Waals surface area contributed by atoms with Crippen LogP contribution in [0.4, 0.5) is 8.78 Å². The first-order valence-electron chi connectivity index (χ1n) is 8.30. The van der Waals surface area contributed by atoms with Crippen molar-refractivity contribution in [2.75, 3.05) is 39.8 Å². The fraction of sp³-hybridized carbons (Fsp3) is 0.588. The lowest BCUT2D eigenvalue weighted by Crippen LogP contribution is -2.43. The molecule has 0 amide bonds. The highest BCUT2D eigenvalue weighted by atomic mass is 127. The lowest BCUT2D eigenvalue weighted by atomic mass is 10.1. The molecule has 136 valence electrons. The fourth-order valence-corrected chi connectivity index (χ4v) is 2.81. The molecular formula is C17H27F2IN4. The molecule has 1 saturated heterocycles. The van der Waals surface area contributed by atoms with Crippen LogP contribution in [-0.4, -0.2) is 50.6 Å². The van der Waals surface area contributed by atoms with Gasteiger partial charge in [-0.2, -0.15) is 0 Å². The number of hydrogen-bond acceptors (Lipinski definition) is 2. The third-order valence-corrected chi connectivity index (χ3v) is 4.12. The zero-order valence-electron chi connectivity index (χ0n) is 14.2. The van der Waals surface area contributed by atoms with Gasteiger partial charge in [0, 0.05) is 32.2 Å². The number of nitrogens with one attached hydrogen (secondary N) is 2. The van der Waals surface area contributed by atoms with Crippen LogP contribution in [0.2, 0.25) is 0 Å². The number of likely N-dealkylation sites (tertiary alicyclic amines) is 1. The Morgan fingerprint density at radius 2 is 1.71 bits per heavy atom. The average molecular weight is 452 g/mol. The SMILES string of the molecule is CN=C(NCCc1c(F)cccc1F)NCCN1CCCCC1.I. The van der Waals surface area contributed by atoms with Crippen LogP contribution < -0.4 is 10.6 Å². The van der Waals surface area contributed by atoms with Gasteiger partial charge < -0.3 is 15.5 Å². The minimum Gasteiger partial charge on any atom is -0.356 e. The molecule has 1 heterocycles. The molecular weight excluding hydrogens is 425 g/mol. The molecule has 0 bridgehead atoms. The predicted molar refractivity (Wildman–Crippen MR) is 105 cm³/mol. The Labute approximate surface area is 160 Å². The minimum atomic E-state index is -0.500. The van der Waals surface area contributed by atoms with Gasteiger partial charge in [0.2, 0.25) is 0 Å². The van der Waals surface area contributed by atoms with Crippen LogP contribution in [0.25, 0.3) is 0 Å². The molecule has 7 heteroatoms. The topological polar surface area (TPSA) is 39.7 Å². The van der Waals surface area contributed by atoms with Crippen molar-refractivity contribution in [3.05, 3.63) is 35.4 Å². The van der Waals surface area contributed by atoms with Crippen molar-refractivity contribution >= 4 is 29.9 Å². The van der Waals surface area contributed by atoms with Gasteiger partial charge >= 0.3 is 0 Å². The number of benzene rings is 1. The van der Waals surface area contributed by atoms with Crippen LogP contribution in [0.3, 0.4) is 0 Å². The van der Waals surface area contributed by atoms with E-state index < -0.39 is 11.6 Å². The van der Waals surface area contributed by atoms with E-state index in [1.807, 2.05) is 0 Å². The van der Waals surface area contributed by atoms with Crippen LogP contribution >= 0.6 is 24.0 Å². The van der Waals surface area contributed by atoms with E-state index in [0.29, 0.717) is 12.5 Å². The van der Waals surface area contributed by atoms with Crippen LogP contribution in [0, 0.1) is 11.6 Å². The van der Waals surface area contributed by atoms with Crippen molar-refractivity contribution in [2.45, 2.75) is 25.7 Å². The fourth-order valence-electron chi connectivity index (χ4n) is 2.81. The monoisotopic (exact) mass is 452 g/mol. The van der Waals surface area contributed by atoms with Crippen LogP contribution in [-0.2, 0) is 6.42 Å². The third-order valence-electron chi connectivity index (χ3n) is 4.12. The molecule has 1 aliphatic heterocycles. The number of guanidine groups is 1. The molecule has 1 aromatic rings. The van der Waals surface area contributed by atoms with Crippen molar-refractivity contribution in [1.29, 1.82) is 0 Å². The van der Waals surface area contributed by atoms with E-state index in [1.54, 1.807) is 7.05 Å². The molecule has 2 N–H and O–H groups in total. The highest BCUT2D eigenvalue weighted by Gasteiger charge is 2.10. The summed E-state index contributed by atoms with van der Waals surface area (Å²) >= 11 is 0. The smallest absolute Gasteiger partial charge is 0.191 e. The Kier molecular flexibility index (Phi) is 10.2. The van der Waals surface area contributed by atoms with E-state index in [4.69, 9.17) is 0 Å². The number of aliphatic imine (C=N–C) groups is 1. The lowest BCUT2D eigenvalue weighted by Gasteiger charge is -2.26. The average Bonchev–Trinajstić information content (AvgIpc) is 2.57. The normalized spacial score (nSPS) is 15.7. The highest BCUT2D eigenvalue weighted by Crippen LogP contribution is 2.12. The number of rotatable bonds is 6. The molecule has 0 spiro atoms. The second-order valence-corrected chi connectivity index (χ2v) is 5.78. The number of hydrogen-bond donors (Lipinski definition) is 2. The minimum absolute atomic E-state index is 0. The van der Waals surface area contributed by atoms with Gasteiger partial charge in [-0.05, 0) is 44.5 Å². The van der Waals surface area contributed by atoms with Crippen LogP contribution in [0.1, 0.15) is 24.8 Å². The van der Waals surface area contributed by atoms with E-state index in [1.165, 1.54) is 50.6 Å². The predicted octanol–water partition coefficient (Wildman–Crippen LogP) is 2.78. The summed E-state index contributed by atoms with van der Waals surface area (Å²) in [6.45, 7) is 4.57. The second-order valence-electron chi connectivity index (χ2n) is 5.78. The zero-order valence-corrected chi connectivity index (χ0v) is 16.5. The van der Waals surface area contributed by atoms with Crippen LogP contribution in [0.15, 0.2) is 23.2 Å². The molecule has 1 fully saturated rings. The van der Waals surface area contributed by atoms with Gasteiger partial charge in [-0.25, -0.2) is 8.78 Å². The Morgan fingerprint density at radius 1 is 1.08 bits per heavy atom. The Morgan fingerprint density at radius 3 is 2.33 bits per heavy atom. The number of halogens is 3. The van der Waals surface area contributed by atoms with Gasteiger partial charge in [-0.15, -0.1) is 24.0 Å². The maximum atomic E-state index is 13.5. The molecule has 2 rings (SSSR count). The molecule has 0 unspecified atom stereocenters. The van der Waals surface area contributed by atoms with Crippen molar-refractivity contribution < 1.29 is 8.78 Å². The van der Waals surface area contributed by atoms with Gasteiger partial charge in [-0.1, -0.05) is 12.5 Å². The molecule has 4 nitrogen and oxygen atoms in total. The first-order valence-corrected chi connectivity index (χ1v) is 8.30. The molecule has 1 aromatic carbocycles. The largest absolute Gasteiger partial charge is 0.356 e. The molecule has 0 radical (unpaired) electrons. The maximum absolute atomic E-state index is 13.5. The highest BCUT2D eigenvalue weighted by molar-refractivity contribution is 14.0. The van der Waals surface area contributed by atoms with Gasteiger partial charge in [0.15, 0.2) is 5.96 Å². The van der Waals surface area contributed by atoms with E-state index in [0.717, 1.165) is 13.1 Å². The summed E-state index contributed by atoms with van der Waals surface area (Å²) in [7, 11) is 1.69. The Bertz CT molecular complexity index is 499. The summed E-state index contributed by atoms with van der Waals surface area (Å²) in [6, 6.07) is 3.94. The summed E-state index contributed by atoms with van der Waals surface area (Å²) in [5.41, 5.74) is 0.115. The quantitative estimate of drug-likeness (QED) is 0.396. The third kappa shape index (κ3) is 6.88. The van der Waals surface area contributed by atoms with E-state index in [2.05, 4.69) is 20.5 Å². The van der Waals surface area contributed by atoms with Gasteiger partial charge in [0.1, 0.15) is 11.6 Å². The van der Waals surface area contributed by atoms with E-state index in [9.17, 15) is 8.78 Å². The maximum Gasteiger partial charge on any atom is 0.191 e. The standard InChI is InChI=1S/C17H26F2N4.HI/c1-20-17(22-10-13-23-11-3-2-4-12-23)21-9-8-14-15(18)6-5-7-16(14)19;/h5-7H,2-4,8-13H2,1H3,(H2,20,21,22);1H. The van der Waals surface area contributed by atoms with Gasteiger partial charge in [0.05, 0.1) is 0 Å². The summed E-state index contributed by atoms with van der Waals surface area (Å²) in [4.78, 5) is 6.58. The Balaban J connectivity index is 0.00000288. The number of nitrogens with zero attached hydrogens (tertiary/aromatic N) is 2. The first kappa shape index (κ1) is 21.1. The van der Waals surface area contributed by atoms with Crippen molar-refractivity contribution in [1.82, 2.24) is 15.5 Å². The number of piperidine rings is 1. The molecule has 1 aliphatic rings. The summed E-state index contributed by atoms with van der Waals surface area (Å²) in [6.07, 6.45) is 4.17.